The van der Waals surface area contributed by atoms with Crippen LogP contribution in [0.1, 0.15) is 42.4 Å². The molecule has 0 bridgehead atoms. The number of hydrogen-bond donors (Lipinski definition) is 3. The molecule has 9 heteroatoms. The molecule has 2 aliphatic rings. The molecule has 0 radical (unpaired) electrons. The second-order valence-electron chi connectivity index (χ2n) is 7.07. The standard InChI is InChI=1S/C18H27N5O4/c1-3-19-18(26)15-8-12(10-23(15)13-4-6-27-7-5-13)22-17(25)14-9-20-11(2)21-16(14)24/h9,12-13,15H,3-8,10H2,1-2H3,(H,19,26)(H,22,25)(H,20,21,24)/t12-,15-/m0/s1. The van der Waals surface area contributed by atoms with Crippen LogP contribution in [0.25, 0.3) is 0 Å². The maximum Gasteiger partial charge on any atom is 0.263 e. The average Bonchev–Trinajstić information content (AvgIpc) is 3.06. The van der Waals surface area contributed by atoms with Gasteiger partial charge in [0.1, 0.15) is 11.4 Å². The SMILES string of the molecule is CCNC(=O)[C@@H]1C[C@H](NC(=O)c2cnc(C)[nH]c2=O)CN1C1CCOCC1. The van der Waals surface area contributed by atoms with Gasteiger partial charge in [0.05, 0.1) is 6.04 Å². The predicted molar refractivity (Wildman–Crippen MR) is 98.5 cm³/mol. The number of likely N-dealkylation sites (N-methyl/N-ethyl adjacent to an activating group) is 1. The molecule has 2 atom stereocenters. The van der Waals surface area contributed by atoms with Gasteiger partial charge in [-0.2, -0.15) is 0 Å². The van der Waals surface area contributed by atoms with Gasteiger partial charge in [-0.3, -0.25) is 19.3 Å². The van der Waals surface area contributed by atoms with E-state index in [-0.39, 0.29) is 29.6 Å². The number of aryl methyl sites for hydroxylation is 1. The Morgan fingerprint density at radius 3 is 2.78 bits per heavy atom. The lowest BCUT2D eigenvalue weighted by atomic mass is 10.1. The number of aromatic amines is 1. The summed E-state index contributed by atoms with van der Waals surface area (Å²) in [7, 11) is 0. The van der Waals surface area contributed by atoms with E-state index in [1.165, 1.54) is 6.20 Å². The number of aromatic nitrogens is 2. The van der Waals surface area contributed by atoms with Crippen LogP contribution in [0.3, 0.4) is 0 Å². The smallest absolute Gasteiger partial charge is 0.263 e. The number of H-pyrrole nitrogens is 1. The van der Waals surface area contributed by atoms with Gasteiger partial charge in [0, 0.05) is 44.6 Å². The highest BCUT2D eigenvalue weighted by Crippen LogP contribution is 2.26. The van der Waals surface area contributed by atoms with Gasteiger partial charge in [-0.25, -0.2) is 4.98 Å². The highest BCUT2D eigenvalue weighted by atomic mass is 16.5. The van der Waals surface area contributed by atoms with Crippen LogP contribution >= 0.6 is 0 Å². The van der Waals surface area contributed by atoms with Crippen LogP contribution in [-0.4, -0.2) is 71.1 Å². The number of hydrogen-bond acceptors (Lipinski definition) is 6. The van der Waals surface area contributed by atoms with Crippen LogP contribution in [0, 0.1) is 6.92 Å². The van der Waals surface area contributed by atoms with Crippen LogP contribution in [-0.2, 0) is 9.53 Å². The highest BCUT2D eigenvalue weighted by Gasteiger charge is 2.41. The van der Waals surface area contributed by atoms with Crippen molar-refractivity contribution in [2.75, 3.05) is 26.3 Å². The molecule has 1 aromatic heterocycles. The number of ether oxygens (including phenoxy) is 1. The van der Waals surface area contributed by atoms with Crippen molar-refractivity contribution in [2.45, 2.75) is 51.2 Å². The summed E-state index contributed by atoms with van der Waals surface area (Å²) < 4.78 is 5.43. The molecule has 0 spiro atoms. The van der Waals surface area contributed by atoms with Crippen molar-refractivity contribution in [3.63, 3.8) is 0 Å². The van der Waals surface area contributed by atoms with E-state index >= 15 is 0 Å². The van der Waals surface area contributed by atoms with E-state index in [0.717, 1.165) is 12.8 Å². The molecule has 3 heterocycles. The highest BCUT2D eigenvalue weighted by molar-refractivity contribution is 5.93. The first kappa shape index (κ1) is 19.5. The number of carbonyl (C=O) groups is 2. The molecule has 2 amide bonds. The summed E-state index contributed by atoms with van der Waals surface area (Å²) in [6.45, 7) is 6.06. The maximum atomic E-state index is 12.5. The topological polar surface area (TPSA) is 116 Å². The third-order valence-electron chi connectivity index (χ3n) is 5.16. The van der Waals surface area contributed by atoms with Gasteiger partial charge in [-0.15, -0.1) is 0 Å². The van der Waals surface area contributed by atoms with E-state index in [1.807, 2.05) is 6.92 Å². The summed E-state index contributed by atoms with van der Waals surface area (Å²) in [6.07, 6.45) is 3.55. The van der Waals surface area contributed by atoms with Crippen molar-refractivity contribution in [1.82, 2.24) is 25.5 Å². The van der Waals surface area contributed by atoms with Gasteiger partial charge in [0.15, 0.2) is 0 Å². The number of carbonyl (C=O) groups excluding carboxylic acids is 2. The second-order valence-corrected chi connectivity index (χ2v) is 7.07. The average molecular weight is 377 g/mol. The van der Waals surface area contributed by atoms with Crippen molar-refractivity contribution in [3.05, 3.63) is 27.9 Å². The zero-order chi connectivity index (χ0) is 19.4. The first-order valence-corrected chi connectivity index (χ1v) is 9.47. The van der Waals surface area contributed by atoms with Crippen molar-refractivity contribution in [3.8, 4) is 0 Å². The first-order chi connectivity index (χ1) is 13.0. The largest absolute Gasteiger partial charge is 0.381 e. The summed E-state index contributed by atoms with van der Waals surface area (Å²) in [4.78, 5) is 45.7. The fourth-order valence-electron chi connectivity index (χ4n) is 3.84. The second kappa shape index (κ2) is 8.62. The molecule has 3 rings (SSSR count). The Labute approximate surface area is 157 Å². The third kappa shape index (κ3) is 4.54. The summed E-state index contributed by atoms with van der Waals surface area (Å²) in [5, 5.41) is 5.79. The van der Waals surface area contributed by atoms with Crippen LogP contribution in [0.15, 0.2) is 11.0 Å². The zero-order valence-corrected chi connectivity index (χ0v) is 15.8. The van der Waals surface area contributed by atoms with Crippen LogP contribution in [0.5, 0.6) is 0 Å². The number of amides is 2. The van der Waals surface area contributed by atoms with Gasteiger partial charge in [0.25, 0.3) is 11.5 Å². The van der Waals surface area contributed by atoms with Crippen molar-refractivity contribution in [1.29, 1.82) is 0 Å². The molecular formula is C18H27N5O4. The monoisotopic (exact) mass is 377 g/mol. The Morgan fingerprint density at radius 2 is 2.11 bits per heavy atom. The van der Waals surface area contributed by atoms with E-state index in [0.29, 0.717) is 38.5 Å². The summed E-state index contributed by atoms with van der Waals surface area (Å²) >= 11 is 0. The summed E-state index contributed by atoms with van der Waals surface area (Å²) in [5.41, 5.74) is -0.473. The fourth-order valence-corrected chi connectivity index (χ4v) is 3.84. The third-order valence-corrected chi connectivity index (χ3v) is 5.16. The van der Waals surface area contributed by atoms with E-state index in [9.17, 15) is 14.4 Å². The molecule has 27 heavy (non-hydrogen) atoms. The molecule has 148 valence electrons. The molecule has 0 aliphatic carbocycles. The lowest BCUT2D eigenvalue weighted by Gasteiger charge is -2.34. The van der Waals surface area contributed by atoms with Crippen molar-refractivity contribution >= 4 is 11.8 Å². The molecule has 2 saturated heterocycles. The Morgan fingerprint density at radius 1 is 1.37 bits per heavy atom. The Hall–Kier alpha value is -2.26. The van der Waals surface area contributed by atoms with Crippen LogP contribution < -0.4 is 16.2 Å². The van der Waals surface area contributed by atoms with Crippen molar-refractivity contribution in [2.24, 2.45) is 0 Å². The zero-order valence-electron chi connectivity index (χ0n) is 15.8. The molecule has 2 fully saturated rings. The summed E-state index contributed by atoms with van der Waals surface area (Å²) in [5.74, 6) is -0.0211. The van der Waals surface area contributed by atoms with E-state index < -0.39 is 11.5 Å². The Bertz CT molecular complexity index is 744. The van der Waals surface area contributed by atoms with E-state index in [4.69, 9.17) is 4.74 Å². The molecule has 9 nitrogen and oxygen atoms in total. The Kier molecular flexibility index (Phi) is 6.22. The van der Waals surface area contributed by atoms with Gasteiger partial charge >= 0.3 is 0 Å². The predicted octanol–water partition coefficient (Wildman–Crippen LogP) is -0.434. The quantitative estimate of drug-likeness (QED) is 0.641. The lowest BCUT2D eigenvalue weighted by molar-refractivity contribution is -0.126. The van der Waals surface area contributed by atoms with Gasteiger partial charge in [0.2, 0.25) is 5.91 Å². The molecule has 0 unspecified atom stereocenters. The number of likely N-dealkylation sites (tertiary alicyclic amines) is 1. The number of rotatable bonds is 5. The van der Waals surface area contributed by atoms with Gasteiger partial charge < -0.3 is 20.4 Å². The number of nitrogens with zero attached hydrogens (tertiary/aromatic N) is 2. The van der Waals surface area contributed by atoms with Crippen LogP contribution in [0.2, 0.25) is 0 Å². The maximum absolute atomic E-state index is 12.5. The molecule has 0 aromatic carbocycles. The van der Waals surface area contributed by atoms with E-state index in [1.54, 1.807) is 6.92 Å². The van der Waals surface area contributed by atoms with Gasteiger partial charge in [-0.1, -0.05) is 0 Å². The normalized spacial score (nSPS) is 23.9. The molecule has 0 saturated carbocycles. The minimum Gasteiger partial charge on any atom is -0.381 e. The molecule has 3 N–H and O–H groups in total. The first-order valence-electron chi connectivity index (χ1n) is 9.47. The van der Waals surface area contributed by atoms with Crippen LogP contribution in [0.4, 0.5) is 0 Å². The summed E-state index contributed by atoms with van der Waals surface area (Å²) in [6, 6.07) is -0.223. The van der Waals surface area contributed by atoms with Crippen molar-refractivity contribution < 1.29 is 14.3 Å². The minimum atomic E-state index is -0.461. The Balaban J connectivity index is 1.71. The lowest BCUT2D eigenvalue weighted by Crippen LogP contribution is -2.49. The van der Waals surface area contributed by atoms with Gasteiger partial charge in [-0.05, 0) is 33.1 Å². The fraction of sp³-hybridized carbons (Fsp3) is 0.667. The molecule has 1 aromatic rings. The minimum absolute atomic E-state index is 0.0142. The van der Waals surface area contributed by atoms with E-state index in [2.05, 4.69) is 25.5 Å². The molecular weight excluding hydrogens is 350 g/mol. The number of nitrogens with one attached hydrogen (secondary N) is 3. The molecule has 2 aliphatic heterocycles.